The van der Waals surface area contributed by atoms with Crippen LogP contribution in [-0.2, 0) is 25.4 Å². The largest absolute Gasteiger partial charge is 0.341 e. The summed E-state index contributed by atoms with van der Waals surface area (Å²) in [6.07, 6.45) is 1.48. The summed E-state index contributed by atoms with van der Waals surface area (Å²) in [5, 5.41) is 0. The Hall–Kier alpha value is -1.85. The van der Waals surface area contributed by atoms with Gasteiger partial charge in [-0.3, -0.25) is 14.2 Å². The van der Waals surface area contributed by atoms with Crippen LogP contribution in [0.2, 0.25) is 0 Å². The van der Waals surface area contributed by atoms with Crippen molar-refractivity contribution in [3.63, 3.8) is 0 Å². The topological polar surface area (TPSA) is 64.3 Å². The molecule has 0 N–H and O–H groups in total. The molecule has 0 atom stereocenters. The fourth-order valence-corrected chi connectivity index (χ4v) is 1.77. The lowest BCUT2D eigenvalue weighted by molar-refractivity contribution is -0.133. The fraction of sp³-hybridized carbons (Fsp3) is 0.583. The molecule has 0 radical (unpaired) electrons. The number of aryl methyl sites for hydroxylation is 1. The number of hydrogen-bond acceptors (Lipinski definition) is 3. The highest BCUT2D eigenvalue weighted by atomic mass is 16.2. The second-order valence-corrected chi connectivity index (χ2v) is 4.76. The maximum atomic E-state index is 11.9. The monoisotopic (exact) mass is 253 g/mol. The lowest BCUT2D eigenvalue weighted by Crippen LogP contribution is -2.40. The van der Waals surface area contributed by atoms with Crippen LogP contribution in [0.1, 0.15) is 19.4 Å². The van der Waals surface area contributed by atoms with Crippen molar-refractivity contribution in [3.05, 3.63) is 32.6 Å². The van der Waals surface area contributed by atoms with Crippen LogP contribution in [0, 0.1) is 5.92 Å². The number of aromatic nitrogens is 2. The van der Waals surface area contributed by atoms with Gasteiger partial charge in [0.25, 0.3) is 5.56 Å². The SMILES string of the molecule is CC(C)C(=O)N(C)Cc1cn(C)c(=O)n(C)c1=O. The smallest absolute Gasteiger partial charge is 0.330 e. The average Bonchev–Trinajstić information content (AvgIpc) is 2.32. The fourth-order valence-electron chi connectivity index (χ4n) is 1.77. The minimum absolute atomic E-state index is 0.0362. The molecule has 6 nitrogen and oxygen atoms in total. The van der Waals surface area contributed by atoms with Crippen molar-refractivity contribution in [1.82, 2.24) is 14.0 Å². The van der Waals surface area contributed by atoms with Crippen molar-refractivity contribution in [1.29, 1.82) is 0 Å². The maximum Gasteiger partial charge on any atom is 0.330 e. The molecule has 0 aliphatic rings. The summed E-state index contributed by atoms with van der Waals surface area (Å²) in [5.74, 6) is -0.155. The Kier molecular flexibility index (Phi) is 4.11. The van der Waals surface area contributed by atoms with Crippen molar-refractivity contribution in [2.24, 2.45) is 20.0 Å². The van der Waals surface area contributed by atoms with E-state index in [1.165, 1.54) is 22.7 Å². The van der Waals surface area contributed by atoms with Gasteiger partial charge in [0.05, 0.1) is 12.1 Å². The molecule has 0 aliphatic carbocycles. The van der Waals surface area contributed by atoms with Crippen LogP contribution in [0.15, 0.2) is 15.8 Å². The first-order valence-corrected chi connectivity index (χ1v) is 5.76. The Morgan fingerprint density at radius 3 is 2.39 bits per heavy atom. The highest BCUT2D eigenvalue weighted by Crippen LogP contribution is 2.02. The number of hydrogen-bond donors (Lipinski definition) is 0. The lowest BCUT2D eigenvalue weighted by Gasteiger charge is -2.19. The third kappa shape index (κ3) is 2.69. The van der Waals surface area contributed by atoms with E-state index in [1.54, 1.807) is 27.9 Å². The Morgan fingerprint density at radius 2 is 1.89 bits per heavy atom. The highest BCUT2D eigenvalue weighted by Gasteiger charge is 2.15. The first kappa shape index (κ1) is 14.2. The molecule has 0 aromatic carbocycles. The Labute approximate surface area is 105 Å². The van der Waals surface area contributed by atoms with Gasteiger partial charge in [-0.15, -0.1) is 0 Å². The molecule has 1 rings (SSSR count). The first-order chi connectivity index (χ1) is 8.25. The second kappa shape index (κ2) is 5.20. The van der Waals surface area contributed by atoms with Crippen LogP contribution < -0.4 is 11.2 Å². The van der Waals surface area contributed by atoms with Gasteiger partial charge in [0.15, 0.2) is 0 Å². The molecule has 0 unspecified atom stereocenters. The third-order valence-corrected chi connectivity index (χ3v) is 2.80. The molecular weight excluding hydrogens is 234 g/mol. The zero-order valence-corrected chi connectivity index (χ0v) is 11.4. The molecule has 1 aromatic heterocycles. The van der Waals surface area contributed by atoms with Crippen molar-refractivity contribution in [2.45, 2.75) is 20.4 Å². The molecule has 0 fully saturated rings. The normalized spacial score (nSPS) is 10.8. The molecule has 1 aromatic rings. The van der Waals surface area contributed by atoms with E-state index in [2.05, 4.69) is 0 Å². The lowest BCUT2D eigenvalue weighted by atomic mass is 10.2. The third-order valence-electron chi connectivity index (χ3n) is 2.80. The van der Waals surface area contributed by atoms with Crippen LogP contribution >= 0.6 is 0 Å². The summed E-state index contributed by atoms with van der Waals surface area (Å²) in [5.41, 5.74) is -0.306. The highest BCUT2D eigenvalue weighted by molar-refractivity contribution is 5.77. The van der Waals surface area contributed by atoms with Gasteiger partial charge in [-0.25, -0.2) is 4.79 Å². The van der Waals surface area contributed by atoms with Crippen molar-refractivity contribution < 1.29 is 4.79 Å². The summed E-state index contributed by atoms with van der Waals surface area (Å²) in [6, 6.07) is 0. The Morgan fingerprint density at radius 1 is 1.33 bits per heavy atom. The number of amides is 1. The van der Waals surface area contributed by atoms with Crippen molar-refractivity contribution in [2.75, 3.05) is 7.05 Å². The number of rotatable bonds is 3. The minimum Gasteiger partial charge on any atom is -0.341 e. The van der Waals surface area contributed by atoms with Gasteiger partial charge in [-0.2, -0.15) is 0 Å². The average molecular weight is 253 g/mol. The van der Waals surface area contributed by atoms with E-state index in [0.29, 0.717) is 5.56 Å². The molecule has 0 bridgehead atoms. The Bertz CT molecular complexity index is 569. The van der Waals surface area contributed by atoms with E-state index < -0.39 is 0 Å². The van der Waals surface area contributed by atoms with E-state index >= 15 is 0 Å². The zero-order chi connectivity index (χ0) is 14.0. The summed E-state index contributed by atoms with van der Waals surface area (Å²) in [7, 11) is 4.65. The Balaban J connectivity index is 3.10. The van der Waals surface area contributed by atoms with Crippen LogP contribution in [0.3, 0.4) is 0 Å². The molecule has 1 amide bonds. The van der Waals surface area contributed by atoms with E-state index in [9.17, 15) is 14.4 Å². The molecule has 100 valence electrons. The van der Waals surface area contributed by atoms with E-state index in [0.717, 1.165) is 4.57 Å². The van der Waals surface area contributed by atoms with Crippen LogP contribution in [0.4, 0.5) is 0 Å². The molecule has 18 heavy (non-hydrogen) atoms. The quantitative estimate of drug-likeness (QED) is 0.743. The number of nitrogens with zero attached hydrogens (tertiary/aromatic N) is 3. The summed E-state index contributed by atoms with van der Waals surface area (Å²) in [6.45, 7) is 3.81. The van der Waals surface area contributed by atoms with Gasteiger partial charge in [0.1, 0.15) is 0 Å². The summed E-state index contributed by atoms with van der Waals surface area (Å²) < 4.78 is 2.38. The summed E-state index contributed by atoms with van der Waals surface area (Å²) in [4.78, 5) is 36.6. The molecular formula is C12H19N3O3. The van der Waals surface area contributed by atoms with Gasteiger partial charge >= 0.3 is 5.69 Å². The predicted molar refractivity (Wildman–Crippen MR) is 68.2 cm³/mol. The molecule has 0 aliphatic heterocycles. The second-order valence-electron chi connectivity index (χ2n) is 4.76. The van der Waals surface area contributed by atoms with E-state index in [4.69, 9.17) is 0 Å². The van der Waals surface area contributed by atoms with Crippen molar-refractivity contribution in [3.8, 4) is 0 Å². The first-order valence-electron chi connectivity index (χ1n) is 5.76. The van der Waals surface area contributed by atoms with Crippen LogP contribution in [0.5, 0.6) is 0 Å². The molecule has 0 saturated heterocycles. The zero-order valence-electron chi connectivity index (χ0n) is 11.4. The maximum absolute atomic E-state index is 11.9. The number of carbonyl (C=O) groups excluding carboxylic acids is 1. The van der Waals surface area contributed by atoms with Gasteiger partial charge in [-0.05, 0) is 0 Å². The van der Waals surface area contributed by atoms with E-state index in [-0.39, 0.29) is 29.6 Å². The van der Waals surface area contributed by atoms with E-state index in [1.807, 2.05) is 0 Å². The number of carbonyl (C=O) groups is 1. The predicted octanol–water partition coefficient (Wildman–Crippen LogP) is -0.302. The van der Waals surface area contributed by atoms with Crippen LogP contribution in [0.25, 0.3) is 0 Å². The van der Waals surface area contributed by atoms with Crippen LogP contribution in [-0.4, -0.2) is 27.0 Å². The van der Waals surface area contributed by atoms with Gasteiger partial charge < -0.3 is 9.47 Å². The minimum atomic E-state index is -0.374. The van der Waals surface area contributed by atoms with Gasteiger partial charge in [0, 0.05) is 33.3 Å². The molecule has 1 heterocycles. The van der Waals surface area contributed by atoms with Crippen molar-refractivity contribution >= 4 is 5.91 Å². The molecule has 0 saturated carbocycles. The summed E-state index contributed by atoms with van der Waals surface area (Å²) >= 11 is 0. The van der Waals surface area contributed by atoms with Gasteiger partial charge in [-0.1, -0.05) is 13.8 Å². The molecule has 0 spiro atoms. The van der Waals surface area contributed by atoms with Gasteiger partial charge in [0.2, 0.25) is 5.91 Å². The molecule has 6 heteroatoms. The standard InChI is InChI=1S/C12H19N3O3/c1-8(2)10(16)13(3)6-9-7-14(4)12(18)15(5)11(9)17/h7-8H,6H2,1-5H3.